The van der Waals surface area contributed by atoms with Gasteiger partial charge in [-0.1, -0.05) is 13.8 Å². The molecule has 2 nitrogen and oxygen atoms in total. The summed E-state index contributed by atoms with van der Waals surface area (Å²) >= 11 is 0. The Hall–Kier alpha value is -0.760. The lowest BCUT2D eigenvalue weighted by Gasteiger charge is -2.15. The molecule has 0 aromatic carbocycles. The Morgan fingerprint density at radius 3 is 2.77 bits per heavy atom. The van der Waals surface area contributed by atoms with E-state index in [2.05, 4.69) is 26.1 Å². The predicted molar refractivity (Wildman–Crippen MR) is 54.9 cm³/mol. The molecular weight excluding hydrogens is 162 g/mol. The summed E-state index contributed by atoms with van der Waals surface area (Å²) in [5.41, 5.74) is 0. The molecule has 0 saturated heterocycles. The van der Waals surface area contributed by atoms with Gasteiger partial charge >= 0.3 is 0 Å². The first-order valence-corrected chi connectivity index (χ1v) is 5.00. The fraction of sp³-hybridized carbons (Fsp3) is 0.636. The van der Waals surface area contributed by atoms with Crippen LogP contribution in [0.5, 0.6) is 0 Å². The minimum absolute atomic E-state index is 0.504. The third-order valence-electron chi connectivity index (χ3n) is 2.29. The molecule has 2 heteroatoms. The lowest BCUT2D eigenvalue weighted by molar-refractivity contribution is 0.420. The largest absolute Gasteiger partial charge is 0.469 e. The van der Waals surface area contributed by atoms with Crippen molar-refractivity contribution in [2.24, 2.45) is 0 Å². The first-order valence-electron chi connectivity index (χ1n) is 5.00. The molecular formula is C11H19NO. The monoisotopic (exact) mass is 181 g/mol. The van der Waals surface area contributed by atoms with Crippen molar-refractivity contribution in [3.8, 4) is 0 Å². The third-order valence-corrected chi connectivity index (χ3v) is 2.29. The van der Waals surface area contributed by atoms with E-state index in [1.807, 2.05) is 12.1 Å². The summed E-state index contributed by atoms with van der Waals surface area (Å²) in [6.45, 7) is 7.58. The van der Waals surface area contributed by atoms with E-state index >= 15 is 0 Å². The van der Waals surface area contributed by atoms with Crippen LogP contribution in [0.3, 0.4) is 0 Å². The van der Waals surface area contributed by atoms with Crippen LogP contribution in [0.1, 0.15) is 38.9 Å². The topological polar surface area (TPSA) is 25.2 Å². The molecule has 0 radical (unpaired) electrons. The second-order valence-corrected chi connectivity index (χ2v) is 3.61. The Bertz CT molecular complexity index is 218. The molecule has 1 aromatic heterocycles. The molecule has 0 aliphatic carbocycles. The first kappa shape index (κ1) is 10.3. The quantitative estimate of drug-likeness (QED) is 0.755. The fourth-order valence-electron chi connectivity index (χ4n) is 1.65. The summed E-state index contributed by atoms with van der Waals surface area (Å²) in [7, 11) is 0. The van der Waals surface area contributed by atoms with Crippen LogP contribution >= 0.6 is 0 Å². The van der Waals surface area contributed by atoms with E-state index in [0.717, 1.165) is 18.7 Å². The molecule has 0 aliphatic heterocycles. The van der Waals surface area contributed by atoms with E-state index in [1.54, 1.807) is 6.26 Å². The summed E-state index contributed by atoms with van der Waals surface area (Å²) in [4.78, 5) is 0. The second-order valence-electron chi connectivity index (χ2n) is 3.61. The normalized spacial score (nSPS) is 15.6. The van der Waals surface area contributed by atoms with Crippen molar-refractivity contribution < 1.29 is 4.42 Å². The van der Waals surface area contributed by atoms with Gasteiger partial charge in [0.05, 0.1) is 6.26 Å². The maximum absolute atomic E-state index is 5.35. The van der Waals surface area contributed by atoms with Crippen LogP contribution in [-0.2, 0) is 0 Å². The minimum Gasteiger partial charge on any atom is -0.469 e. The highest BCUT2D eigenvalue weighted by atomic mass is 16.3. The number of hydrogen-bond donors (Lipinski definition) is 1. The van der Waals surface area contributed by atoms with E-state index in [4.69, 9.17) is 4.42 Å². The number of rotatable bonds is 5. The highest BCUT2D eigenvalue weighted by molar-refractivity contribution is 5.04. The maximum Gasteiger partial charge on any atom is 0.106 e. The molecule has 13 heavy (non-hydrogen) atoms. The molecule has 1 rings (SSSR count). The van der Waals surface area contributed by atoms with Crippen molar-refractivity contribution >= 4 is 0 Å². The molecule has 0 aliphatic rings. The predicted octanol–water partition coefficient (Wildman–Crippen LogP) is 2.77. The molecule has 2 atom stereocenters. The standard InChI is InChI=1S/C11H19NO/c1-4-12-10(3)8-9(2)11-6-5-7-13-11/h5-7,9-10,12H,4,8H2,1-3H3. The molecule has 0 fully saturated rings. The van der Waals surface area contributed by atoms with Crippen LogP contribution in [0.2, 0.25) is 0 Å². The molecule has 2 unspecified atom stereocenters. The SMILES string of the molecule is CCNC(C)CC(C)c1ccco1. The molecule has 0 spiro atoms. The molecule has 1 aromatic rings. The van der Waals surface area contributed by atoms with Crippen molar-refractivity contribution in [2.45, 2.75) is 39.2 Å². The van der Waals surface area contributed by atoms with Gasteiger partial charge in [-0.05, 0) is 32.0 Å². The molecule has 1 N–H and O–H groups in total. The number of nitrogens with one attached hydrogen (secondary N) is 1. The van der Waals surface area contributed by atoms with Crippen LogP contribution in [0, 0.1) is 0 Å². The maximum atomic E-state index is 5.35. The zero-order valence-corrected chi connectivity index (χ0v) is 8.71. The van der Waals surface area contributed by atoms with Crippen LogP contribution in [-0.4, -0.2) is 12.6 Å². The van der Waals surface area contributed by atoms with E-state index < -0.39 is 0 Å². The smallest absolute Gasteiger partial charge is 0.106 e. The number of hydrogen-bond acceptors (Lipinski definition) is 2. The van der Waals surface area contributed by atoms with E-state index in [9.17, 15) is 0 Å². The molecule has 74 valence electrons. The molecule has 0 saturated carbocycles. The van der Waals surface area contributed by atoms with Gasteiger partial charge in [0.15, 0.2) is 0 Å². The Morgan fingerprint density at radius 1 is 1.46 bits per heavy atom. The Labute approximate surface area is 80.3 Å². The second kappa shape index (κ2) is 5.07. The van der Waals surface area contributed by atoms with Crippen LogP contribution < -0.4 is 5.32 Å². The summed E-state index contributed by atoms with van der Waals surface area (Å²) < 4.78 is 5.35. The Morgan fingerprint density at radius 2 is 2.23 bits per heavy atom. The van der Waals surface area contributed by atoms with Crippen molar-refractivity contribution in [3.05, 3.63) is 24.2 Å². The minimum atomic E-state index is 0.504. The highest BCUT2D eigenvalue weighted by Gasteiger charge is 2.11. The van der Waals surface area contributed by atoms with Crippen molar-refractivity contribution in [2.75, 3.05) is 6.54 Å². The summed E-state index contributed by atoms with van der Waals surface area (Å²) in [5, 5.41) is 3.40. The Kier molecular flexibility index (Phi) is 4.03. The first-order chi connectivity index (χ1) is 6.24. The van der Waals surface area contributed by atoms with Gasteiger partial charge in [-0.25, -0.2) is 0 Å². The van der Waals surface area contributed by atoms with Crippen LogP contribution in [0.15, 0.2) is 22.8 Å². The molecule has 0 bridgehead atoms. The summed E-state index contributed by atoms with van der Waals surface area (Å²) in [5.74, 6) is 1.59. The highest BCUT2D eigenvalue weighted by Crippen LogP contribution is 2.20. The van der Waals surface area contributed by atoms with Gasteiger partial charge < -0.3 is 9.73 Å². The fourth-order valence-corrected chi connectivity index (χ4v) is 1.65. The van der Waals surface area contributed by atoms with Crippen molar-refractivity contribution in [1.82, 2.24) is 5.32 Å². The van der Waals surface area contributed by atoms with Crippen LogP contribution in [0.25, 0.3) is 0 Å². The van der Waals surface area contributed by atoms with Gasteiger partial charge in [-0.2, -0.15) is 0 Å². The van der Waals surface area contributed by atoms with Gasteiger partial charge in [0.1, 0.15) is 5.76 Å². The molecule has 1 heterocycles. The van der Waals surface area contributed by atoms with Gasteiger partial charge in [0.2, 0.25) is 0 Å². The van der Waals surface area contributed by atoms with E-state index in [1.165, 1.54) is 0 Å². The lowest BCUT2D eigenvalue weighted by atomic mass is 10.0. The van der Waals surface area contributed by atoms with E-state index in [0.29, 0.717) is 12.0 Å². The average molecular weight is 181 g/mol. The lowest BCUT2D eigenvalue weighted by Crippen LogP contribution is -2.26. The zero-order chi connectivity index (χ0) is 9.68. The number of furan rings is 1. The van der Waals surface area contributed by atoms with Gasteiger partial charge in [-0.3, -0.25) is 0 Å². The Balaban J connectivity index is 2.37. The van der Waals surface area contributed by atoms with Crippen LogP contribution in [0.4, 0.5) is 0 Å². The third kappa shape index (κ3) is 3.23. The van der Waals surface area contributed by atoms with E-state index in [-0.39, 0.29) is 0 Å². The summed E-state index contributed by atoms with van der Waals surface area (Å²) in [6, 6.07) is 4.55. The van der Waals surface area contributed by atoms with Gasteiger partial charge in [0.25, 0.3) is 0 Å². The molecule has 0 amide bonds. The average Bonchev–Trinajstić information content (AvgIpc) is 2.55. The van der Waals surface area contributed by atoms with Crippen molar-refractivity contribution in [1.29, 1.82) is 0 Å². The van der Waals surface area contributed by atoms with Gasteiger partial charge in [0, 0.05) is 12.0 Å². The zero-order valence-electron chi connectivity index (χ0n) is 8.71. The summed E-state index contributed by atoms with van der Waals surface area (Å²) in [6.07, 6.45) is 2.87. The van der Waals surface area contributed by atoms with Gasteiger partial charge in [-0.15, -0.1) is 0 Å². The van der Waals surface area contributed by atoms with Crippen molar-refractivity contribution in [3.63, 3.8) is 0 Å².